The van der Waals surface area contributed by atoms with Crippen LogP contribution in [-0.2, 0) is 0 Å². The summed E-state index contributed by atoms with van der Waals surface area (Å²) in [6, 6.07) is 6.34. The highest BCUT2D eigenvalue weighted by atomic mass is 79.9. The topological polar surface area (TPSA) is 0 Å². The summed E-state index contributed by atoms with van der Waals surface area (Å²) in [5.74, 6) is 0. The van der Waals surface area contributed by atoms with Gasteiger partial charge in [-0.25, -0.2) is 0 Å². The second-order valence-corrected chi connectivity index (χ2v) is 9.14. The van der Waals surface area contributed by atoms with Gasteiger partial charge in [-0.15, -0.1) is 22.9 Å². The molecule has 0 N–H and O–H groups in total. The van der Waals surface area contributed by atoms with Crippen molar-refractivity contribution in [2.24, 2.45) is 0 Å². The average Bonchev–Trinajstić information content (AvgIpc) is 2.62. The van der Waals surface area contributed by atoms with E-state index in [4.69, 9.17) is 11.6 Å². The van der Waals surface area contributed by atoms with Gasteiger partial charge in [0.1, 0.15) is 0 Å². The Morgan fingerprint density at radius 2 is 1.67 bits per heavy atom. The first kappa shape index (κ1) is 15.0. The second-order valence-electron chi connectivity index (χ2n) is 4.10. The van der Waals surface area contributed by atoms with Crippen LogP contribution < -0.4 is 0 Å². The molecule has 18 heavy (non-hydrogen) atoms. The summed E-state index contributed by atoms with van der Waals surface area (Å²) in [5.41, 5.74) is 4.66. The quantitative estimate of drug-likeness (QED) is 0.413. The highest BCUT2D eigenvalue weighted by molar-refractivity contribution is 9.12. The second kappa shape index (κ2) is 5.96. The Hall–Kier alpha value is 0.650. The Balaban J connectivity index is 2.49. The molecule has 0 saturated carbocycles. The normalized spacial score (nSPS) is 12.8. The minimum absolute atomic E-state index is 0.131. The van der Waals surface area contributed by atoms with E-state index in [2.05, 4.69) is 79.8 Å². The van der Waals surface area contributed by atoms with Crippen LogP contribution in [-0.4, -0.2) is 0 Å². The molecule has 0 nitrogen and oxygen atoms in total. The first-order chi connectivity index (χ1) is 8.40. The van der Waals surface area contributed by atoms with Crippen molar-refractivity contribution < 1.29 is 0 Å². The summed E-state index contributed by atoms with van der Waals surface area (Å²) >= 11 is 18.9. The molecule has 1 heterocycles. The zero-order valence-electron chi connectivity index (χ0n) is 9.73. The van der Waals surface area contributed by atoms with Crippen LogP contribution in [0.3, 0.4) is 0 Å². The lowest BCUT2D eigenvalue weighted by atomic mass is 10.00. The highest BCUT2D eigenvalue weighted by Crippen LogP contribution is 2.42. The molecule has 2 rings (SSSR count). The summed E-state index contributed by atoms with van der Waals surface area (Å²) in [7, 11) is 0. The van der Waals surface area contributed by atoms with Crippen molar-refractivity contribution in [3.8, 4) is 0 Å². The number of alkyl halides is 1. The molecule has 0 aliphatic carbocycles. The lowest BCUT2D eigenvalue weighted by Crippen LogP contribution is -1.97. The van der Waals surface area contributed by atoms with E-state index >= 15 is 0 Å². The van der Waals surface area contributed by atoms with Crippen molar-refractivity contribution in [2.45, 2.75) is 19.2 Å². The van der Waals surface area contributed by atoms with Gasteiger partial charge in [-0.1, -0.05) is 22.0 Å². The molecular formula is C13H10Br3ClS. The number of rotatable bonds is 2. The molecule has 0 aliphatic heterocycles. The minimum Gasteiger partial charge on any atom is -0.121 e. The van der Waals surface area contributed by atoms with Crippen LogP contribution in [0.15, 0.2) is 30.2 Å². The maximum absolute atomic E-state index is 6.62. The summed E-state index contributed by atoms with van der Waals surface area (Å²) < 4.78 is 3.29. The third-order valence-corrected chi connectivity index (χ3v) is 6.49. The fourth-order valence-electron chi connectivity index (χ4n) is 1.77. The van der Waals surface area contributed by atoms with Crippen molar-refractivity contribution in [3.05, 3.63) is 52.5 Å². The third-order valence-electron chi connectivity index (χ3n) is 2.78. The first-order valence-electron chi connectivity index (χ1n) is 5.25. The predicted molar refractivity (Wildman–Crippen MR) is 91.0 cm³/mol. The van der Waals surface area contributed by atoms with Crippen molar-refractivity contribution in [3.63, 3.8) is 0 Å². The summed E-state index contributed by atoms with van der Waals surface area (Å²) in [6.07, 6.45) is 0. The Labute approximate surface area is 141 Å². The predicted octanol–water partition coefficient (Wildman–Crippen LogP) is 6.98. The van der Waals surface area contributed by atoms with Gasteiger partial charge in [-0.3, -0.25) is 0 Å². The van der Waals surface area contributed by atoms with Gasteiger partial charge in [0.05, 0.1) is 12.9 Å². The van der Waals surface area contributed by atoms with Crippen molar-refractivity contribution in [2.75, 3.05) is 0 Å². The number of halogens is 4. The van der Waals surface area contributed by atoms with Crippen LogP contribution >= 0.6 is 70.7 Å². The molecule has 2 aromatic rings. The highest BCUT2D eigenvalue weighted by Gasteiger charge is 2.19. The Morgan fingerprint density at radius 3 is 2.22 bits per heavy atom. The summed E-state index contributed by atoms with van der Waals surface area (Å²) in [4.78, 5) is 0. The molecule has 1 atom stereocenters. The molecule has 0 radical (unpaired) electrons. The van der Waals surface area contributed by atoms with E-state index < -0.39 is 0 Å². The molecule has 96 valence electrons. The lowest BCUT2D eigenvalue weighted by Gasteiger charge is -2.14. The minimum atomic E-state index is -0.131. The number of hydrogen-bond acceptors (Lipinski definition) is 1. The summed E-state index contributed by atoms with van der Waals surface area (Å²) in [6.45, 7) is 4.17. The maximum atomic E-state index is 6.62. The molecular weight excluding hydrogens is 463 g/mol. The molecule has 0 amide bonds. The number of aryl methyl sites for hydroxylation is 2. The van der Waals surface area contributed by atoms with Crippen LogP contribution in [0.25, 0.3) is 0 Å². The third kappa shape index (κ3) is 3.04. The molecule has 0 fully saturated rings. The van der Waals surface area contributed by atoms with E-state index in [9.17, 15) is 0 Å². The molecule has 0 spiro atoms. The van der Waals surface area contributed by atoms with E-state index in [1.807, 2.05) is 0 Å². The number of thiophene rings is 1. The first-order valence-corrected chi connectivity index (χ1v) is 8.88. The Bertz CT molecular complexity index is 592. The van der Waals surface area contributed by atoms with E-state index in [1.54, 1.807) is 11.3 Å². The monoisotopic (exact) mass is 470 g/mol. The van der Waals surface area contributed by atoms with Gasteiger partial charge in [0, 0.05) is 10.0 Å². The van der Waals surface area contributed by atoms with Gasteiger partial charge < -0.3 is 0 Å². The zero-order valence-corrected chi connectivity index (χ0v) is 16.1. The smallest absolute Gasteiger partial charge is 0.0857 e. The van der Waals surface area contributed by atoms with Crippen LogP contribution in [0.1, 0.15) is 27.6 Å². The van der Waals surface area contributed by atoms with Crippen LogP contribution in [0.4, 0.5) is 0 Å². The van der Waals surface area contributed by atoms with E-state index in [-0.39, 0.29) is 5.38 Å². The number of hydrogen-bond donors (Lipinski definition) is 0. The van der Waals surface area contributed by atoms with E-state index in [0.717, 1.165) is 23.2 Å². The van der Waals surface area contributed by atoms with E-state index in [0.29, 0.717) is 0 Å². The van der Waals surface area contributed by atoms with Gasteiger partial charge in [0.2, 0.25) is 0 Å². The van der Waals surface area contributed by atoms with Crippen molar-refractivity contribution >= 4 is 70.7 Å². The van der Waals surface area contributed by atoms with Gasteiger partial charge in [-0.05, 0) is 74.5 Å². The average molecular weight is 473 g/mol. The molecule has 0 saturated heterocycles. The van der Waals surface area contributed by atoms with Crippen molar-refractivity contribution in [1.82, 2.24) is 0 Å². The number of benzene rings is 1. The standard InChI is InChI=1S/C13H10Br3ClS/c1-6-4-10(14)7(2)3-8(6)12(17)9-5-11(15)18-13(9)16/h3-5,12H,1-2H3. The molecule has 0 bridgehead atoms. The van der Waals surface area contributed by atoms with Gasteiger partial charge in [0.25, 0.3) is 0 Å². The lowest BCUT2D eigenvalue weighted by molar-refractivity contribution is 1.10. The molecule has 5 heteroatoms. The van der Waals surface area contributed by atoms with Crippen LogP contribution in [0.2, 0.25) is 0 Å². The summed E-state index contributed by atoms with van der Waals surface area (Å²) in [5, 5.41) is -0.131. The fourth-order valence-corrected chi connectivity index (χ4v) is 5.73. The Kier molecular flexibility index (Phi) is 4.98. The SMILES string of the molecule is Cc1cc(C(Cl)c2cc(Br)sc2Br)c(C)cc1Br. The van der Waals surface area contributed by atoms with Gasteiger partial charge in [-0.2, -0.15) is 0 Å². The van der Waals surface area contributed by atoms with Crippen molar-refractivity contribution in [1.29, 1.82) is 0 Å². The largest absolute Gasteiger partial charge is 0.121 e. The van der Waals surface area contributed by atoms with Crippen LogP contribution in [0, 0.1) is 13.8 Å². The maximum Gasteiger partial charge on any atom is 0.0857 e. The van der Waals surface area contributed by atoms with E-state index in [1.165, 1.54) is 11.1 Å². The Morgan fingerprint density at radius 1 is 1.00 bits per heavy atom. The molecule has 1 aromatic carbocycles. The molecule has 1 unspecified atom stereocenters. The van der Waals surface area contributed by atoms with Gasteiger partial charge >= 0.3 is 0 Å². The van der Waals surface area contributed by atoms with Crippen LogP contribution in [0.5, 0.6) is 0 Å². The molecule has 1 aromatic heterocycles. The fraction of sp³-hybridized carbons (Fsp3) is 0.231. The molecule has 0 aliphatic rings. The van der Waals surface area contributed by atoms with Gasteiger partial charge in [0.15, 0.2) is 0 Å². The zero-order chi connectivity index (χ0) is 13.4.